The molecule has 0 aromatic carbocycles. The second-order valence-corrected chi connectivity index (χ2v) is 9.23. The molecule has 0 saturated heterocycles. The van der Waals surface area contributed by atoms with Gasteiger partial charge in [0, 0.05) is 11.7 Å². The normalized spacial score (nSPS) is 21.9. The molecule has 4 nitrogen and oxygen atoms in total. The van der Waals surface area contributed by atoms with E-state index in [2.05, 4.69) is 33.0 Å². The zero-order valence-corrected chi connectivity index (χ0v) is 14.2. The summed E-state index contributed by atoms with van der Waals surface area (Å²) >= 11 is 3.08. The summed E-state index contributed by atoms with van der Waals surface area (Å²) in [5.41, 5.74) is 1.09. The van der Waals surface area contributed by atoms with Crippen molar-refractivity contribution in [2.75, 3.05) is 11.1 Å². The number of nitrogens with one attached hydrogen (secondary N) is 1. The summed E-state index contributed by atoms with van der Waals surface area (Å²) in [5, 5.41) is 12.8. The number of thiophene rings is 1. The summed E-state index contributed by atoms with van der Waals surface area (Å²) < 4.78 is 1.04. The van der Waals surface area contributed by atoms with Crippen LogP contribution in [0.15, 0.2) is 4.21 Å². The van der Waals surface area contributed by atoms with Crippen molar-refractivity contribution >= 4 is 40.0 Å². The molecule has 6 heteroatoms. The van der Waals surface area contributed by atoms with Gasteiger partial charge in [0.25, 0.3) is 0 Å². The number of thioether (sulfide) groups is 1. The van der Waals surface area contributed by atoms with Gasteiger partial charge in [-0.25, -0.2) is 4.79 Å². The molecule has 1 aliphatic heterocycles. The Kier molecular flexibility index (Phi) is 3.19. The molecule has 1 aromatic heterocycles. The van der Waals surface area contributed by atoms with Crippen LogP contribution < -0.4 is 5.32 Å². The maximum absolute atomic E-state index is 12.5. The Bertz CT molecular complexity index is 632. The van der Waals surface area contributed by atoms with Gasteiger partial charge in [-0.2, -0.15) is 0 Å². The number of hydrogen-bond acceptors (Lipinski definition) is 4. The van der Waals surface area contributed by atoms with E-state index in [4.69, 9.17) is 0 Å². The lowest BCUT2D eigenvalue weighted by Crippen LogP contribution is -2.18. The molecule has 2 aliphatic rings. The van der Waals surface area contributed by atoms with Crippen molar-refractivity contribution in [3.05, 3.63) is 11.1 Å². The zero-order valence-electron chi connectivity index (χ0n) is 12.6. The molecule has 1 aromatic rings. The highest BCUT2D eigenvalue weighted by Crippen LogP contribution is 2.68. The highest BCUT2D eigenvalue weighted by Gasteiger charge is 2.68. The third-order valence-corrected chi connectivity index (χ3v) is 7.75. The zero-order chi connectivity index (χ0) is 15.6. The number of carbonyl (C=O) groups excluding carboxylic acids is 1. The second kappa shape index (κ2) is 4.49. The van der Waals surface area contributed by atoms with Gasteiger partial charge in [0.1, 0.15) is 5.00 Å². The van der Waals surface area contributed by atoms with E-state index < -0.39 is 5.97 Å². The maximum Gasteiger partial charge on any atom is 0.339 e. The predicted molar refractivity (Wildman–Crippen MR) is 85.4 cm³/mol. The fraction of sp³-hybridized carbons (Fsp3) is 0.600. The minimum Gasteiger partial charge on any atom is -0.478 e. The molecule has 0 atom stereocenters. The first-order valence-corrected chi connectivity index (χ1v) is 8.80. The summed E-state index contributed by atoms with van der Waals surface area (Å²) in [6.45, 7) is 8.33. The minimum absolute atomic E-state index is 0.0464. The number of anilines is 1. The Morgan fingerprint density at radius 3 is 2.38 bits per heavy atom. The molecule has 1 fully saturated rings. The van der Waals surface area contributed by atoms with E-state index in [0.717, 1.165) is 21.9 Å². The Hall–Kier alpha value is -1.01. The Labute approximate surface area is 132 Å². The summed E-state index contributed by atoms with van der Waals surface area (Å²) in [4.78, 5) is 24.0. The van der Waals surface area contributed by atoms with E-state index >= 15 is 0 Å². The van der Waals surface area contributed by atoms with Crippen molar-refractivity contribution < 1.29 is 14.7 Å². The summed E-state index contributed by atoms with van der Waals surface area (Å²) in [7, 11) is 0. The highest BCUT2D eigenvalue weighted by atomic mass is 32.2. The van der Waals surface area contributed by atoms with Crippen molar-refractivity contribution in [1.29, 1.82) is 0 Å². The van der Waals surface area contributed by atoms with Crippen LogP contribution in [0.2, 0.25) is 0 Å². The first kappa shape index (κ1) is 14.9. The average molecular weight is 325 g/mol. The number of aromatic carboxylic acids is 1. The third-order valence-electron chi connectivity index (χ3n) is 5.29. The quantitative estimate of drug-likeness (QED) is 0.889. The van der Waals surface area contributed by atoms with Crippen molar-refractivity contribution in [1.82, 2.24) is 0 Å². The van der Waals surface area contributed by atoms with E-state index in [1.54, 1.807) is 11.8 Å². The Balaban J connectivity index is 1.87. The molecule has 1 amide bonds. The molecule has 1 aliphatic carbocycles. The number of amides is 1. The van der Waals surface area contributed by atoms with Gasteiger partial charge < -0.3 is 10.4 Å². The molecular formula is C15H19NO3S2. The Morgan fingerprint density at radius 1 is 1.24 bits per heavy atom. The lowest BCUT2D eigenvalue weighted by molar-refractivity contribution is -0.118. The molecule has 2 heterocycles. The molecule has 0 radical (unpaired) electrons. The number of carbonyl (C=O) groups is 2. The molecule has 21 heavy (non-hydrogen) atoms. The van der Waals surface area contributed by atoms with Crippen LogP contribution in [0.1, 0.15) is 43.6 Å². The van der Waals surface area contributed by atoms with Crippen LogP contribution in [-0.2, 0) is 11.2 Å². The van der Waals surface area contributed by atoms with Crippen LogP contribution >= 0.6 is 23.1 Å². The number of carboxylic acid groups (broad SMARTS) is 1. The summed E-state index contributed by atoms with van der Waals surface area (Å²) in [6.07, 6.45) is 0.772. The van der Waals surface area contributed by atoms with E-state index in [1.165, 1.54) is 11.3 Å². The van der Waals surface area contributed by atoms with Crippen molar-refractivity contribution in [3.63, 3.8) is 0 Å². The molecule has 0 bridgehead atoms. The van der Waals surface area contributed by atoms with Crippen molar-refractivity contribution in [3.8, 4) is 0 Å². The van der Waals surface area contributed by atoms with Crippen LogP contribution in [0.3, 0.4) is 0 Å². The van der Waals surface area contributed by atoms with Gasteiger partial charge in [-0.15, -0.1) is 23.1 Å². The van der Waals surface area contributed by atoms with E-state index in [0.29, 0.717) is 10.6 Å². The average Bonchev–Trinajstić information content (AvgIpc) is 2.73. The molecule has 3 rings (SSSR count). The second-order valence-electron chi connectivity index (χ2n) is 6.84. The van der Waals surface area contributed by atoms with Crippen LogP contribution in [-0.4, -0.2) is 22.7 Å². The van der Waals surface area contributed by atoms with E-state index in [1.807, 2.05) is 0 Å². The number of carboxylic acids is 1. The number of fused-ring (bicyclic) bond motifs is 1. The highest BCUT2D eigenvalue weighted by molar-refractivity contribution is 8.01. The van der Waals surface area contributed by atoms with Gasteiger partial charge in [0.05, 0.1) is 9.77 Å². The molecule has 0 spiro atoms. The molecule has 114 valence electrons. The summed E-state index contributed by atoms with van der Waals surface area (Å²) in [6, 6.07) is 0. The molecule has 2 N–H and O–H groups in total. The first-order valence-electron chi connectivity index (χ1n) is 7.00. The topological polar surface area (TPSA) is 66.4 Å². The number of hydrogen-bond donors (Lipinski definition) is 2. The first-order chi connectivity index (χ1) is 9.68. The monoisotopic (exact) mass is 325 g/mol. The van der Waals surface area contributed by atoms with Gasteiger partial charge in [-0.3, -0.25) is 4.79 Å². The van der Waals surface area contributed by atoms with E-state index in [9.17, 15) is 14.7 Å². The fourth-order valence-electron chi connectivity index (χ4n) is 3.38. The van der Waals surface area contributed by atoms with Gasteiger partial charge >= 0.3 is 5.97 Å². The molecule has 1 saturated carbocycles. The third kappa shape index (κ3) is 2.03. The van der Waals surface area contributed by atoms with Gasteiger partial charge in [-0.1, -0.05) is 27.7 Å². The Morgan fingerprint density at radius 2 is 1.86 bits per heavy atom. The van der Waals surface area contributed by atoms with Crippen molar-refractivity contribution in [2.24, 2.45) is 16.7 Å². The largest absolute Gasteiger partial charge is 0.478 e. The molecular weight excluding hydrogens is 306 g/mol. The van der Waals surface area contributed by atoms with Crippen LogP contribution in [0, 0.1) is 16.7 Å². The van der Waals surface area contributed by atoms with Crippen LogP contribution in [0.4, 0.5) is 5.00 Å². The molecule has 0 unspecified atom stereocenters. The van der Waals surface area contributed by atoms with Gasteiger partial charge in [-0.05, 0) is 22.8 Å². The smallest absolute Gasteiger partial charge is 0.339 e. The minimum atomic E-state index is -0.945. The standard InChI is InChI=1S/C15H19NO3S2/c1-14(2)9(15(14,3)4)10(17)16-11-8(12(18)19)7-5-6-20-13(7)21-11/h9H,5-6H2,1-4H3,(H,16,17)(H,18,19). The van der Waals surface area contributed by atoms with E-state index in [-0.39, 0.29) is 22.7 Å². The van der Waals surface area contributed by atoms with Crippen molar-refractivity contribution in [2.45, 2.75) is 38.3 Å². The van der Waals surface area contributed by atoms with Gasteiger partial charge in [0.2, 0.25) is 5.91 Å². The maximum atomic E-state index is 12.5. The SMILES string of the molecule is CC1(C)C(C(=O)Nc2sc3c(c2C(=O)O)CCS3)C1(C)C. The predicted octanol–water partition coefficient (Wildman–Crippen LogP) is 3.72. The lowest BCUT2D eigenvalue weighted by atomic mass is 10.0. The van der Waals surface area contributed by atoms with Crippen LogP contribution in [0.5, 0.6) is 0 Å². The fourth-order valence-corrected chi connectivity index (χ4v) is 5.97. The lowest BCUT2D eigenvalue weighted by Gasteiger charge is -2.06. The summed E-state index contributed by atoms with van der Waals surface area (Å²) in [5.74, 6) is -0.147. The number of rotatable bonds is 3. The van der Waals surface area contributed by atoms with Crippen LogP contribution in [0.25, 0.3) is 0 Å². The van der Waals surface area contributed by atoms with Gasteiger partial charge in [0.15, 0.2) is 0 Å².